The predicted octanol–water partition coefficient (Wildman–Crippen LogP) is 4.60. The molecule has 2 N–H and O–H groups in total. The van der Waals surface area contributed by atoms with Crippen molar-refractivity contribution in [1.29, 1.82) is 0 Å². The minimum atomic E-state index is -0.733. The van der Waals surface area contributed by atoms with Crippen molar-refractivity contribution in [1.82, 2.24) is 24.6 Å². The van der Waals surface area contributed by atoms with Crippen LogP contribution in [-0.4, -0.2) is 45.1 Å². The summed E-state index contributed by atoms with van der Waals surface area (Å²) in [6.07, 6.45) is 3.50. The van der Waals surface area contributed by atoms with Crippen molar-refractivity contribution in [3.63, 3.8) is 0 Å². The second-order valence-corrected chi connectivity index (χ2v) is 9.12. The van der Waals surface area contributed by atoms with Crippen molar-refractivity contribution >= 4 is 11.7 Å². The lowest BCUT2D eigenvalue weighted by Crippen LogP contribution is -2.33. The van der Waals surface area contributed by atoms with E-state index in [9.17, 15) is 4.79 Å². The van der Waals surface area contributed by atoms with Crippen molar-refractivity contribution in [2.45, 2.75) is 25.9 Å². The van der Waals surface area contributed by atoms with E-state index < -0.39 is 17.7 Å². The molecule has 2 aromatic heterocycles. The molecule has 2 aliphatic rings. The first kappa shape index (κ1) is 22.4. The van der Waals surface area contributed by atoms with Gasteiger partial charge in [0.05, 0.1) is 54.9 Å². The standard InChI is InChI=1S/C26H24F2N6O2/c1-14-25(15(2)34(32-14)16-11-36-12-16)19-7-21(28)22(8-20(19)27)31-26(35)30-10-24-18-6-4-3-5-17(18)23-9-29-13-33(23)24/h3-9,13,16,24H,10-12H2,1-2H3,(H2,30,31,35). The van der Waals surface area contributed by atoms with Gasteiger partial charge in [-0.05, 0) is 25.5 Å². The van der Waals surface area contributed by atoms with E-state index in [0.717, 1.165) is 34.6 Å². The third-order valence-electron chi connectivity index (χ3n) is 6.92. The number of nitrogens with one attached hydrogen (secondary N) is 2. The van der Waals surface area contributed by atoms with Crippen molar-refractivity contribution in [3.05, 3.63) is 77.5 Å². The molecule has 2 amide bonds. The molecule has 8 nitrogen and oxygen atoms in total. The molecule has 10 heteroatoms. The minimum Gasteiger partial charge on any atom is -0.377 e. The molecule has 2 aromatic carbocycles. The molecule has 2 aliphatic heterocycles. The highest BCUT2D eigenvalue weighted by Crippen LogP contribution is 2.38. The molecular weight excluding hydrogens is 466 g/mol. The Morgan fingerprint density at radius 3 is 2.72 bits per heavy atom. The number of carbonyl (C=O) groups is 1. The number of urea groups is 1. The summed E-state index contributed by atoms with van der Waals surface area (Å²) in [7, 11) is 0. The minimum absolute atomic E-state index is 0.0974. The van der Waals surface area contributed by atoms with E-state index >= 15 is 8.78 Å². The van der Waals surface area contributed by atoms with Gasteiger partial charge in [-0.15, -0.1) is 0 Å². The number of hydrogen-bond acceptors (Lipinski definition) is 4. The van der Waals surface area contributed by atoms with E-state index in [0.29, 0.717) is 24.5 Å². The van der Waals surface area contributed by atoms with Gasteiger partial charge in [0.15, 0.2) is 0 Å². The maximum atomic E-state index is 15.1. The Bertz CT molecular complexity index is 1490. The summed E-state index contributed by atoms with van der Waals surface area (Å²) in [4.78, 5) is 16.8. The highest BCUT2D eigenvalue weighted by Gasteiger charge is 2.29. The smallest absolute Gasteiger partial charge is 0.319 e. The van der Waals surface area contributed by atoms with Crippen LogP contribution in [0.5, 0.6) is 0 Å². The quantitative estimate of drug-likeness (QED) is 0.428. The second kappa shape index (κ2) is 8.56. The third-order valence-corrected chi connectivity index (χ3v) is 6.92. The fourth-order valence-electron chi connectivity index (χ4n) is 5.10. The molecule has 1 saturated heterocycles. The first-order valence-corrected chi connectivity index (χ1v) is 11.7. The van der Waals surface area contributed by atoms with Crippen LogP contribution < -0.4 is 10.6 Å². The number of aromatic nitrogens is 4. The zero-order valence-electron chi connectivity index (χ0n) is 19.8. The molecule has 1 fully saturated rings. The van der Waals surface area contributed by atoms with E-state index in [-0.39, 0.29) is 29.9 Å². The molecule has 4 heterocycles. The molecule has 36 heavy (non-hydrogen) atoms. The molecule has 0 radical (unpaired) electrons. The van der Waals surface area contributed by atoms with Gasteiger partial charge in [-0.3, -0.25) is 4.68 Å². The Labute approximate surface area is 205 Å². The lowest BCUT2D eigenvalue weighted by molar-refractivity contribution is -0.0295. The normalized spacial score (nSPS) is 16.4. The third kappa shape index (κ3) is 3.56. The fourth-order valence-corrected chi connectivity index (χ4v) is 5.10. The monoisotopic (exact) mass is 490 g/mol. The fraction of sp³-hybridized carbons (Fsp3) is 0.269. The number of aryl methyl sites for hydroxylation is 1. The van der Waals surface area contributed by atoms with E-state index in [1.54, 1.807) is 24.1 Å². The van der Waals surface area contributed by atoms with Crippen LogP contribution in [-0.2, 0) is 4.74 Å². The number of anilines is 1. The summed E-state index contributed by atoms with van der Waals surface area (Å²) in [5.41, 5.74) is 4.86. The molecule has 4 aromatic rings. The van der Waals surface area contributed by atoms with Crippen LogP contribution in [0.15, 0.2) is 48.9 Å². The van der Waals surface area contributed by atoms with Crippen molar-refractivity contribution in [2.24, 2.45) is 0 Å². The average molecular weight is 491 g/mol. The van der Waals surface area contributed by atoms with E-state index in [4.69, 9.17) is 4.74 Å². The van der Waals surface area contributed by atoms with E-state index in [2.05, 4.69) is 20.7 Å². The van der Waals surface area contributed by atoms with Crippen molar-refractivity contribution < 1.29 is 18.3 Å². The van der Waals surface area contributed by atoms with Crippen molar-refractivity contribution in [2.75, 3.05) is 25.1 Å². The number of imidazole rings is 1. The number of halogens is 2. The van der Waals surface area contributed by atoms with Crippen LogP contribution in [0.1, 0.15) is 29.0 Å². The van der Waals surface area contributed by atoms with Crippen LogP contribution in [0, 0.1) is 25.5 Å². The van der Waals surface area contributed by atoms with Gasteiger partial charge < -0.3 is 19.9 Å². The number of rotatable bonds is 5. The second-order valence-electron chi connectivity index (χ2n) is 9.12. The lowest BCUT2D eigenvalue weighted by Gasteiger charge is -2.27. The number of ether oxygens (including phenoxy) is 1. The van der Waals surface area contributed by atoms with E-state index in [1.807, 2.05) is 35.8 Å². The maximum Gasteiger partial charge on any atom is 0.319 e. The highest BCUT2D eigenvalue weighted by molar-refractivity contribution is 5.90. The molecule has 1 atom stereocenters. The molecule has 6 rings (SSSR count). The maximum absolute atomic E-state index is 15.1. The van der Waals surface area contributed by atoms with Gasteiger partial charge in [-0.1, -0.05) is 24.3 Å². The van der Waals surface area contributed by atoms with Gasteiger partial charge in [0, 0.05) is 35.0 Å². The van der Waals surface area contributed by atoms with Crippen molar-refractivity contribution in [3.8, 4) is 22.4 Å². The summed E-state index contributed by atoms with van der Waals surface area (Å²) < 4.78 is 39.2. The number of nitrogens with zero attached hydrogens (tertiary/aromatic N) is 4. The predicted molar refractivity (Wildman–Crippen MR) is 130 cm³/mol. The molecular formula is C26H24F2N6O2. The number of carbonyl (C=O) groups excluding carboxylic acids is 1. The molecule has 0 saturated carbocycles. The first-order chi connectivity index (χ1) is 17.4. The van der Waals surface area contributed by atoms with Crippen LogP contribution in [0.2, 0.25) is 0 Å². The topological polar surface area (TPSA) is 86.0 Å². The number of benzene rings is 2. The van der Waals surface area contributed by atoms with E-state index in [1.165, 1.54) is 0 Å². The number of hydrogen-bond donors (Lipinski definition) is 2. The summed E-state index contributed by atoms with van der Waals surface area (Å²) in [5.74, 6) is -1.38. The Morgan fingerprint density at radius 2 is 1.94 bits per heavy atom. The Morgan fingerprint density at radius 1 is 1.14 bits per heavy atom. The largest absolute Gasteiger partial charge is 0.377 e. The van der Waals surface area contributed by atoms with Crippen LogP contribution in [0.4, 0.5) is 19.3 Å². The Kier molecular flexibility index (Phi) is 5.33. The molecule has 0 spiro atoms. The Hall–Kier alpha value is -4.05. The summed E-state index contributed by atoms with van der Waals surface area (Å²) >= 11 is 0. The van der Waals surface area contributed by atoms with Gasteiger partial charge in [-0.2, -0.15) is 5.10 Å². The molecule has 0 bridgehead atoms. The number of fused-ring (bicyclic) bond motifs is 3. The first-order valence-electron chi connectivity index (χ1n) is 11.7. The van der Waals surface area contributed by atoms with Gasteiger partial charge in [0.25, 0.3) is 0 Å². The Balaban J connectivity index is 1.19. The molecule has 1 unspecified atom stereocenters. The number of amides is 2. The summed E-state index contributed by atoms with van der Waals surface area (Å²) in [5, 5.41) is 9.71. The van der Waals surface area contributed by atoms with Crippen LogP contribution in [0.25, 0.3) is 22.4 Å². The molecule has 0 aliphatic carbocycles. The van der Waals surface area contributed by atoms with Gasteiger partial charge >= 0.3 is 6.03 Å². The van der Waals surface area contributed by atoms with Crippen LogP contribution >= 0.6 is 0 Å². The lowest BCUT2D eigenvalue weighted by atomic mass is 10.0. The van der Waals surface area contributed by atoms with Gasteiger partial charge in [0.1, 0.15) is 11.6 Å². The zero-order chi connectivity index (χ0) is 25.0. The average Bonchev–Trinajstić information content (AvgIpc) is 3.48. The van der Waals surface area contributed by atoms with Crippen LogP contribution in [0.3, 0.4) is 0 Å². The summed E-state index contributed by atoms with van der Waals surface area (Å²) in [6.45, 7) is 4.95. The van der Waals surface area contributed by atoms with Gasteiger partial charge in [-0.25, -0.2) is 18.6 Å². The van der Waals surface area contributed by atoms with Gasteiger partial charge in [0.2, 0.25) is 0 Å². The summed E-state index contributed by atoms with van der Waals surface area (Å²) in [6, 6.07) is 9.35. The zero-order valence-corrected chi connectivity index (χ0v) is 19.8. The SMILES string of the molecule is Cc1nn(C2COC2)c(C)c1-c1cc(F)c(NC(=O)NCC2c3ccccc3-c3cncn32)cc1F. The molecule has 184 valence electrons. The highest BCUT2D eigenvalue weighted by atomic mass is 19.1.